The molecule has 6 nitrogen and oxygen atoms in total. The third kappa shape index (κ3) is 2.64. The molecule has 1 aliphatic rings. The molecule has 3 aromatic rings. The summed E-state index contributed by atoms with van der Waals surface area (Å²) in [6.45, 7) is 0. The van der Waals surface area contributed by atoms with Gasteiger partial charge in [0, 0.05) is 22.9 Å². The molecular weight excluding hydrogens is 332 g/mol. The van der Waals surface area contributed by atoms with Crippen molar-refractivity contribution >= 4 is 22.8 Å². The molecular formula is C20H18N2O4. The smallest absolute Gasteiger partial charge is 0.337 e. The number of aliphatic carboxylic acids is 1. The fourth-order valence-corrected chi connectivity index (χ4v) is 3.71. The number of nitrogens with two attached hydrogens (primary N) is 1. The molecule has 0 amide bonds. The van der Waals surface area contributed by atoms with Crippen LogP contribution in [-0.4, -0.2) is 30.1 Å². The van der Waals surface area contributed by atoms with E-state index in [9.17, 15) is 14.7 Å². The second kappa shape index (κ2) is 6.31. The quantitative estimate of drug-likeness (QED) is 0.663. The number of esters is 1. The van der Waals surface area contributed by atoms with Gasteiger partial charge in [0.15, 0.2) is 6.04 Å². The van der Waals surface area contributed by atoms with E-state index in [4.69, 9.17) is 4.74 Å². The van der Waals surface area contributed by atoms with E-state index < -0.39 is 18.0 Å². The summed E-state index contributed by atoms with van der Waals surface area (Å²) >= 11 is 0. The fraction of sp³-hybridized carbons (Fsp3) is 0.200. The summed E-state index contributed by atoms with van der Waals surface area (Å²) in [5.41, 5.74) is 4.37. The summed E-state index contributed by atoms with van der Waals surface area (Å²) in [5, 5.41) is 14.4. The van der Waals surface area contributed by atoms with Crippen LogP contribution in [0.3, 0.4) is 0 Å². The maximum absolute atomic E-state index is 11.6. The predicted molar refractivity (Wildman–Crippen MR) is 92.3 cm³/mol. The Bertz CT molecular complexity index is 991. The molecule has 2 atom stereocenters. The normalized spacial score (nSPS) is 19.1. The van der Waals surface area contributed by atoms with Crippen molar-refractivity contribution < 1.29 is 24.7 Å². The van der Waals surface area contributed by atoms with Gasteiger partial charge >= 0.3 is 5.97 Å². The summed E-state index contributed by atoms with van der Waals surface area (Å²) in [7, 11) is 1.34. The average molecular weight is 350 g/mol. The number of methoxy groups -OCH3 is 1. The van der Waals surface area contributed by atoms with Crippen LogP contribution in [-0.2, 0) is 16.0 Å². The second-order valence-corrected chi connectivity index (χ2v) is 6.48. The van der Waals surface area contributed by atoms with Crippen LogP contribution in [0.1, 0.15) is 33.2 Å². The lowest BCUT2D eigenvalue weighted by Gasteiger charge is -2.29. The van der Waals surface area contributed by atoms with Gasteiger partial charge in [0.05, 0.1) is 24.3 Å². The van der Waals surface area contributed by atoms with E-state index in [1.807, 2.05) is 36.4 Å². The molecule has 3 N–H and O–H groups in total. The number of rotatable bonds is 3. The molecule has 1 aliphatic heterocycles. The molecule has 0 saturated heterocycles. The minimum Gasteiger partial charge on any atom is -0.544 e. The molecule has 6 heteroatoms. The molecule has 1 aromatic heterocycles. The molecule has 0 fully saturated rings. The fourth-order valence-electron chi connectivity index (χ4n) is 3.71. The summed E-state index contributed by atoms with van der Waals surface area (Å²) in [5.74, 6) is -1.47. The minimum atomic E-state index is -1.07. The number of carboxylic acid groups (broad SMARTS) is 1. The maximum Gasteiger partial charge on any atom is 0.337 e. The van der Waals surface area contributed by atoms with Crippen LogP contribution in [0.5, 0.6) is 0 Å². The van der Waals surface area contributed by atoms with Gasteiger partial charge in [-0.25, -0.2) is 4.79 Å². The molecule has 0 bridgehead atoms. The highest BCUT2D eigenvalue weighted by Gasteiger charge is 2.34. The van der Waals surface area contributed by atoms with Crippen molar-refractivity contribution in [2.45, 2.75) is 18.5 Å². The zero-order valence-electron chi connectivity index (χ0n) is 14.2. The first-order valence-electron chi connectivity index (χ1n) is 8.42. The van der Waals surface area contributed by atoms with Gasteiger partial charge in [-0.2, -0.15) is 0 Å². The van der Waals surface area contributed by atoms with Crippen LogP contribution >= 0.6 is 0 Å². The van der Waals surface area contributed by atoms with Crippen molar-refractivity contribution in [3.8, 4) is 0 Å². The maximum atomic E-state index is 11.6. The first-order chi connectivity index (χ1) is 12.6. The topological polar surface area (TPSA) is 98.8 Å². The highest BCUT2D eigenvalue weighted by Crippen LogP contribution is 2.31. The Labute approximate surface area is 149 Å². The number of carbonyl (C=O) groups excluding carboxylic acids is 2. The molecule has 2 aromatic carbocycles. The average Bonchev–Trinajstić information content (AvgIpc) is 3.05. The third-order valence-electron chi connectivity index (χ3n) is 5.00. The number of H-pyrrole nitrogens is 1. The Morgan fingerprint density at radius 2 is 1.88 bits per heavy atom. The van der Waals surface area contributed by atoms with E-state index in [1.165, 1.54) is 7.11 Å². The number of nitrogens with one attached hydrogen (secondary N) is 1. The number of aromatic nitrogens is 1. The van der Waals surface area contributed by atoms with Gasteiger partial charge < -0.3 is 24.9 Å². The Morgan fingerprint density at radius 3 is 2.58 bits per heavy atom. The van der Waals surface area contributed by atoms with Gasteiger partial charge in [-0.1, -0.05) is 30.3 Å². The third-order valence-corrected chi connectivity index (χ3v) is 5.00. The number of carbonyl (C=O) groups is 2. The Balaban J connectivity index is 1.80. The molecule has 2 heterocycles. The van der Waals surface area contributed by atoms with Crippen LogP contribution in [0.15, 0.2) is 48.5 Å². The molecule has 26 heavy (non-hydrogen) atoms. The molecule has 0 unspecified atom stereocenters. The monoisotopic (exact) mass is 350 g/mol. The second-order valence-electron chi connectivity index (χ2n) is 6.48. The Hall–Kier alpha value is -3.12. The van der Waals surface area contributed by atoms with E-state index in [2.05, 4.69) is 4.98 Å². The Morgan fingerprint density at radius 1 is 1.15 bits per heavy atom. The number of ether oxygens (including phenoxy) is 1. The van der Waals surface area contributed by atoms with Gasteiger partial charge in [0.2, 0.25) is 0 Å². The summed E-state index contributed by atoms with van der Waals surface area (Å²) in [6, 6.07) is 14.1. The summed E-state index contributed by atoms with van der Waals surface area (Å²) < 4.78 is 4.73. The number of hydrogen-bond donors (Lipinski definition) is 2. The lowest BCUT2D eigenvalue weighted by Crippen LogP contribution is -2.95. The lowest BCUT2D eigenvalue weighted by atomic mass is 9.90. The first kappa shape index (κ1) is 16.4. The van der Waals surface area contributed by atoms with Gasteiger partial charge in [-0.15, -0.1) is 0 Å². The number of para-hydroxylation sites is 1. The van der Waals surface area contributed by atoms with Gasteiger partial charge in [-0.3, -0.25) is 0 Å². The minimum absolute atomic E-state index is 0.208. The molecule has 0 radical (unpaired) electrons. The number of quaternary nitrogens is 1. The number of benzene rings is 2. The molecule has 0 saturated carbocycles. The molecule has 0 spiro atoms. The zero-order valence-corrected chi connectivity index (χ0v) is 14.2. The van der Waals surface area contributed by atoms with E-state index >= 15 is 0 Å². The molecule has 132 valence electrons. The van der Waals surface area contributed by atoms with Gasteiger partial charge in [0.1, 0.15) is 6.04 Å². The van der Waals surface area contributed by atoms with E-state index in [0.29, 0.717) is 12.0 Å². The van der Waals surface area contributed by atoms with Crippen molar-refractivity contribution in [1.82, 2.24) is 4.98 Å². The van der Waals surface area contributed by atoms with Crippen LogP contribution < -0.4 is 10.4 Å². The van der Waals surface area contributed by atoms with Crippen molar-refractivity contribution in [1.29, 1.82) is 0 Å². The largest absolute Gasteiger partial charge is 0.544 e. The standard InChI is InChI=1S/C20H18N2O4/c1-26-20(25)12-8-6-11(7-9-12)17-18-14(10-16(22-17)19(23)24)13-4-2-3-5-15(13)21-18/h2-9,16-17,21-22H,10H2,1H3,(H,23,24)/t16-,17+/m0/s1. The number of fused-ring (bicyclic) bond motifs is 3. The van der Waals surface area contributed by atoms with Crippen molar-refractivity contribution in [2.75, 3.05) is 7.11 Å². The SMILES string of the molecule is COC(=O)c1ccc([C@H]2[NH2+][C@H](C(=O)[O-])Cc3c2[nH]c2ccccc32)cc1. The van der Waals surface area contributed by atoms with Crippen LogP contribution in [0.2, 0.25) is 0 Å². The number of carboxylic acids is 1. The number of aromatic amines is 1. The van der Waals surface area contributed by atoms with E-state index in [0.717, 1.165) is 27.7 Å². The Kier molecular flexibility index (Phi) is 3.97. The van der Waals surface area contributed by atoms with Crippen molar-refractivity contribution in [3.63, 3.8) is 0 Å². The van der Waals surface area contributed by atoms with E-state index in [-0.39, 0.29) is 6.04 Å². The summed E-state index contributed by atoms with van der Waals surface area (Å²) in [6.07, 6.45) is 0.415. The van der Waals surface area contributed by atoms with Crippen molar-refractivity contribution in [3.05, 3.63) is 70.9 Å². The van der Waals surface area contributed by atoms with Crippen LogP contribution in [0.4, 0.5) is 0 Å². The number of hydrogen-bond acceptors (Lipinski definition) is 4. The predicted octanol–water partition coefficient (Wildman–Crippen LogP) is 0.282. The first-order valence-corrected chi connectivity index (χ1v) is 8.42. The van der Waals surface area contributed by atoms with E-state index in [1.54, 1.807) is 17.4 Å². The molecule has 0 aliphatic carbocycles. The highest BCUT2D eigenvalue weighted by molar-refractivity contribution is 5.89. The lowest BCUT2D eigenvalue weighted by molar-refractivity contribution is -0.717. The molecule has 4 rings (SSSR count). The zero-order chi connectivity index (χ0) is 18.3. The van der Waals surface area contributed by atoms with Crippen LogP contribution in [0.25, 0.3) is 10.9 Å². The van der Waals surface area contributed by atoms with Gasteiger partial charge in [-0.05, 0) is 23.8 Å². The van der Waals surface area contributed by atoms with Crippen molar-refractivity contribution in [2.24, 2.45) is 0 Å². The van der Waals surface area contributed by atoms with Gasteiger partial charge in [0.25, 0.3) is 0 Å². The van der Waals surface area contributed by atoms with Crippen LogP contribution in [0, 0.1) is 0 Å². The summed E-state index contributed by atoms with van der Waals surface area (Å²) in [4.78, 5) is 26.6. The highest BCUT2D eigenvalue weighted by atomic mass is 16.5.